The van der Waals surface area contributed by atoms with Gasteiger partial charge < -0.3 is 0 Å². The van der Waals surface area contributed by atoms with Gasteiger partial charge in [0.15, 0.2) is 0 Å². The summed E-state index contributed by atoms with van der Waals surface area (Å²) < 4.78 is 0. The summed E-state index contributed by atoms with van der Waals surface area (Å²) in [4.78, 5) is 0. The molecular weight excluding hydrogens is 1440 g/mol. The lowest BCUT2D eigenvalue weighted by molar-refractivity contribution is 5.49. The minimum atomic E-state index is -0.871. The molecule has 0 nitrogen and oxygen atoms in total. The standard InChI is InChI=1S/H42S45/c1-24-26(4)28(6)30(8)32(10)34(12)36(14)38(16)40(18)42(20)44(22)45(23)43(21)41(19)39(17)37(15)35(13)33(11)31(9)29(7)27(5)25(2)3/h4-23,25-45H,(H,2,3). The molecule has 45 heavy (non-hydrogen) atoms. The van der Waals surface area contributed by atoms with Gasteiger partial charge >= 0.3 is 0 Å². The third-order valence-corrected chi connectivity index (χ3v) is 263. The molecule has 0 aromatic heterocycles. The van der Waals surface area contributed by atoms with Crippen LogP contribution in [0.25, 0.3) is 0 Å². The molecule has 0 bridgehead atoms. The predicted molar refractivity (Wildman–Crippen MR) is 395 cm³/mol. The van der Waals surface area contributed by atoms with Crippen molar-refractivity contribution in [3.8, 4) is 0 Å². The molecule has 0 aliphatic heterocycles. The van der Waals surface area contributed by atoms with E-state index in [0.29, 0.717) is 0 Å². The van der Waals surface area contributed by atoms with E-state index in [1.54, 1.807) is 0 Å². The van der Waals surface area contributed by atoms with Crippen molar-refractivity contribution in [2.24, 2.45) is 0 Å². The topological polar surface area (TPSA) is 0 Å². The van der Waals surface area contributed by atoms with Crippen molar-refractivity contribution in [3.05, 3.63) is 0 Å². The van der Waals surface area contributed by atoms with Crippen molar-refractivity contribution in [2.75, 3.05) is 0 Å². The molecule has 0 heterocycles. The smallest absolute Gasteiger partial charge is 0.00516 e. The van der Waals surface area contributed by atoms with Gasteiger partial charge in [0.05, 0.1) is 0 Å². The van der Waals surface area contributed by atoms with Crippen molar-refractivity contribution >= 4 is 424 Å². The van der Waals surface area contributed by atoms with Crippen LogP contribution in [0.1, 0.15) is 0 Å². The van der Waals surface area contributed by atoms with Gasteiger partial charge in [0.25, 0.3) is 0 Å². The molecule has 0 radical (unpaired) electrons. The second kappa shape index (κ2) is 32.1. The lowest BCUT2D eigenvalue weighted by atomic mass is 30.1. The summed E-state index contributed by atoms with van der Waals surface area (Å²) in [7, 11) is -15.5. The maximum Gasteiger partial charge on any atom is -0.00516 e. The first-order chi connectivity index (χ1) is 20.5. The van der Waals surface area contributed by atoms with Gasteiger partial charge in [0.2, 0.25) is 0 Å². The molecule has 0 rings (SSSR count). The first-order valence-electron chi connectivity index (χ1n) is 8.73. The predicted octanol–water partition coefficient (Wildman–Crippen LogP) is 2.31. The number of thiol groups is 42. The molecule has 0 spiro atoms. The van der Waals surface area contributed by atoms with E-state index in [4.69, 9.17) is 244 Å². The second-order valence-corrected chi connectivity index (χ2v) is 153. The van der Waals surface area contributed by atoms with Crippen LogP contribution in [-0.2, 0) is 179 Å². The molecule has 0 aliphatic rings. The number of rotatable bonds is 0. The van der Waals surface area contributed by atoms with E-state index in [9.17, 15) is 0 Å². The maximum atomic E-state index is 5.38. The molecule has 0 aromatic carbocycles. The summed E-state index contributed by atoms with van der Waals surface area (Å²) in [5, 5.41) is 0. The van der Waals surface area contributed by atoms with E-state index in [1.165, 1.54) is 8.88 Å². The zero-order valence-corrected chi connectivity index (χ0v) is 60.0. The molecule has 21 atom stereocenters. The zero-order chi connectivity index (χ0) is 35.8. The van der Waals surface area contributed by atoms with Crippen molar-refractivity contribution in [3.63, 3.8) is 0 Å². The lowest BCUT2D eigenvalue weighted by Crippen LogP contribution is -1.81. The quantitative estimate of drug-likeness (QED) is 0.133. The van der Waals surface area contributed by atoms with E-state index in [-0.39, 0.29) is 0 Å². The monoisotopic (exact) mass is 1480 g/mol. The Labute approximate surface area is 412 Å². The number of hydrogen-bond acceptors (Lipinski definition) is 2. The molecule has 0 amide bonds. The van der Waals surface area contributed by atoms with Crippen molar-refractivity contribution in [2.45, 2.75) is 0 Å². The average Bonchev–Trinajstić information content (AvgIpc) is 3.04. The molecule has 0 N–H and O–H groups in total. The summed E-state index contributed by atoms with van der Waals surface area (Å²) in [6.45, 7) is 0. The van der Waals surface area contributed by atoms with Crippen molar-refractivity contribution < 1.29 is 0 Å². The first-order valence-corrected chi connectivity index (χ1v) is 78.6. The van der Waals surface area contributed by atoms with Gasteiger partial charge in [-0.15, -0.1) is 379 Å². The Hall–Kier alpha value is 15.4. The summed E-state index contributed by atoms with van der Waals surface area (Å²) in [6.07, 6.45) is 0. The zero-order valence-electron chi connectivity index (χ0n) is 20.0. The highest BCUT2D eigenvalue weighted by Crippen LogP contribution is 2.13. The summed E-state index contributed by atoms with van der Waals surface area (Å²) in [6, 6.07) is 0. The molecule has 0 saturated carbocycles. The van der Waals surface area contributed by atoms with Crippen LogP contribution < -0.4 is 0 Å². The molecule has 45 heteroatoms. The molecular formula is H42S45. The average molecular weight is 1490 g/mol. The van der Waals surface area contributed by atoms with Gasteiger partial charge in [0, 0.05) is 0 Å². The SMILES string of the molecule is S=S=[SH](/S)=[SH](\S)=[SH](/S)=[SH](\S)=[SH](/S)=[SH](\S)=[SH](/S)=[SH](\S)=[SH](/S)=[SH](\S)=[SH](/S)=[SH](\S)=[SH](/S)=[SH](\S)=[SH](/S)=[SH](\S)=[SH](/S)=[SH](\S)=[SH](/S)=[SH](\S)=[SH](=S)\S. The van der Waals surface area contributed by atoms with E-state index >= 15 is 0 Å². The first kappa shape index (κ1) is 60.4. The van der Waals surface area contributed by atoms with Gasteiger partial charge in [-0.2, -0.15) is 0 Å². The van der Waals surface area contributed by atoms with E-state index in [0.717, 1.165) is 0 Å². The maximum absolute atomic E-state index is 5.38. The minimum Gasteiger partial charge on any atom is -0.115 e. The third kappa shape index (κ3) is 20.6. The Balaban J connectivity index is 10.1. The molecule has 0 aliphatic carbocycles. The van der Waals surface area contributed by atoms with Crippen LogP contribution in [0.4, 0.5) is 0 Å². The Morgan fingerprint density at radius 2 is 0.378 bits per heavy atom. The highest BCUT2D eigenvalue weighted by atomic mass is 34.0. The Kier molecular flexibility index (Phi) is 43.1. The van der Waals surface area contributed by atoms with E-state index in [2.05, 4.69) is 23.3 Å². The van der Waals surface area contributed by atoms with Gasteiger partial charge in [-0.1, -0.05) is 14.1 Å². The van der Waals surface area contributed by atoms with Crippen LogP contribution in [0.15, 0.2) is 0 Å². The van der Waals surface area contributed by atoms with E-state index < -0.39 is 148 Å². The number of hydrogen-bond donors (Lipinski definition) is 42. The van der Waals surface area contributed by atoms with Gasteiger partial charge in [0.1, 0.15) is 0 Å². The highest BCUT2D eigenvalue weighted by Gasteiger charge is 1.84. The van der Waals surface area contributed by atoms with Crippen molar-refractivity contribution in [1.82, 2.24) is 0 Å². The van der Waals surface area contributed by atoms with E-state index in [1.807, 2.05) is 0 Å². The summed E-state index contributed by atoms with van der Waals surface area (Å²) >= 11 is 115. The minimum absolute atomic E-state index is 0.699. The molecule has 0 aromatic rings. The molecule has 21 unspecified atom stereocenters. The summed E-state index contributed by atoms with van der Waals surface area (Å²) in [5.74, 6) is 0. The van der Waals surface area contributed by atoms with Gasteiger partial charge in [-0.3, -0.25) is 0 Å². The van der Waals surface area contributed by atoms with Crippen LogP contribution in [0, 0.1) is 0 Å². The fourth-order valence-electron chi connectivity index (χ4n) is 1.38. The fraction of sp³-hybridized carbons (Fsp3) is 0. The largest absolute Gasteiger partial charge is 0.115 e. The van der Waals surface area contributed by atoms with Gasteiger partial charge in [-0.05, 0) is 31.3 Å². The second-order valence-electron chi connectivity index (χ2n) is 5.68. The molecule has 0 saturated heterocycles. The molecule has 0 fully saturated rings. The Morgan fingerprint density at radius 3 is 0.511 bits per heavy atom. The van der Waals surface area contributed by atoms with Crippen LogP contribution in [0.5, 0.6) is 0 Å². The lowest BCUT2D eigenvalue weighted by Gasteiger charge is -2.03. The van der Waals surface area contributed by atoms with Crippen LogP contribution in [0.2, 0.25) is 0 Å². The fourth-order valence-corrected chi connectivity index (χ4v) is 336. The third-order valence-electron chi connectivity index (χ3n) is 3.25. The van der Waals surface area contributed by atoms with Crippen LogP contribution in [-0.4, -0.2) is 0 Å². The normalized spacial score (nSPS) is 26.9. The summed E-state index contributed by atoms with van der Waals surface area (Å²) in [5.41, 5.74) is 0. The Bertz CT molecular complexity index is 2710. The molecule has 312 valence electrons. The van der Waals surface area contributed by atoms with Crippen LogP contribution >= 0.6 is 245 Å². The van der Waals surface area contributed by atoms with Crippen LogP contribution in [0.3, 0.4) is 0 Å². The highest BCUT2D eigenvalue weighted by molar-refractivity contribution is 9.37. The van der Waals surface area contributed by atoms with Crippen molar-refractivity contribution in [1.29, 1.82) is 0 Å². The van der Waals surface area contributed by atoms with Gasteiger partial charge in [-0.25, -0.2) is 0 Å². The Morgan fingerprint density at radius 1 is 0.244 bits per heavy atom.